The van der Waals surface area contributed by atoms with Crippen molar-refractivity contribution in [3.8, 4) is 0 Å². The van der Waals surface area contributed by atoms with E-state index < -0.39 is 0 Å². The number of fused-ring (bicyclic) bond motifs is 1. The van der Waals surface area contributed by atoms with Crippen LogP contribution < -0.4 is 5.32 Å². The molecule has 2 nitrogen and oxygen atoms in total. The first-order chi connectivity index (χ1) is 10.1. The van der Waals surface area contributed by atoms with E-state index in [1.807, 2.05) is 25.1 Å². The number of benzene rings is 2. The number of rotatable bonds is 3. The quantitative estimate of drug-likeness (QED) is 0.559. The summed E-state index contributed by atoms with van der Waals surface area (Å²) in [5.74, 6) is 0.961. The predicted octanol–water partition coefficient (Wildman–Crippen LogP) is 6.19. The van der Waals surface area contributed by atoms with E-state index in [9.17, 15) is 0 Å². The number of furan rings is 1. The summed E-state index contributed by atoms with van der Waals surface area (Å²) in [5.41, 5.74) is 4.41. The Morgan fingerprint density at radius 2 is 1.71 bits per heavy atom. The highest BCUT2D eigenvalue weighted by Gasteiger charge is 2.12. The average Bonchev–Trinajstić information content (AvgIpc) is 2.73. The fraction of sp³-hybridized carbons (Fsp3) is 0.176. The van der Waals surface area contributed by atoms with Gasteiger partial charge in [0.2, 0.25) is 0 Å². The van der Waals surface area contributed by atoms with Gasteiger partial charge in [0, 0.05) is 26.4 Å². The van der Waals surface area contributed by atoms with Crippen LogP contribution in [0.3, 0.4) is 0 Å². The van der Waals surface area contributed by atoms with Crippen LogP contribution in [0.1, 0.15) is 16.9 Å². The predicted molar refractivity (Wildman–Crippen MR) is 94.9 cm³/mol. The van der Waals surface area contributed by atoms with Crippen molar-refractivity contribution in [2.45, 2.75) is 20.4 Å². The normalized spacial score (nSPS) is 11.0. The molecule has 3 rings (SSSR count). The molecule has 0 radical (unpaired) electrons. The molecule has 0 aliphatic heterocycles. The molecule has 3 aromatic rings. The summed E-state index contributed by atoms with van der Waals surface area (Å²) in [5, 5.41) is 4.66. The number of halogens is 2. The van der Waals surface area contributed by atoms with Crippen LogP contribution in [0.5, 0.6) is 0 Å². The lowest BCUT2D eigenvalue weighted by Gasteiger charge is -2.12. The van der Waals surface area contributed by atoms with Crippen molar-refractivity contribution < 1.29 is 4.42 Å². The Morgan fingerprint density at radius 3 is 2.43 bits per heavy atom. The van der Waals surface area contributed by atoms with Crippen LogP contribution in [-0.2, 0) is 6.54 Å². The molecular formula is C17H15Br2NO. The topological polar surface area (TPSA) is 25.2 Å². The van der Waals surface area contributed by atoms with Crippen LogP contribution in [0.2, 0.25) is 0 Å². The van der Waals surface area contributed by atoms with Gasteiger partial charge >= 0.3 is 0 Å². The molecule has 21 heavy (non-hydrogen) atoms. The van der Waals surface area contributed by atoms with E-state index in [4.69, 9.17) is 4.42 Å². The number of hydrogen-bond acceptors (Lipinski definition) is 2. The Bertz CT molecular complexity index is 785. The molecule has 0 atom stereocenters. The Morgan fingerprint density at radius 1 is 1.05 bits per heavy atom. The maximum absolute atomic E-state index is 5.80. The van der Waals surface area contributed by atoms with Gasteiger partial charge in [-0.1, -0.05) is 18.2 Å². The lowest BCUT2D eigenvalue weighted by Crippen LogP contribution is -2.02. The molecule has 0 fully saturated rings. The highest BCUT2D eigenvalue weighted by molar-refractivity contribution is 9.11. The van der Waals surface area contributed by atoms with Gasteiger partial charge in [-0.25, -0.2) is 0 Å². The molecule has 0 aliphatic carbocycles. The van der Waals surface area contributed by atoms with Gasteiger partial charge in [0.25, 0.3) is 0 Å². The summed E-state index contributed by atoms with van der Waals surface area (Å²) in [6.07, 6.45) is 0. The van der Waals surface area contributed by atoms with Crippen LogP contribution in [0.25, 0.3) is 11.0 Å². The zero-order chi connectivity index (χ0) is 15.0. The molecule has 1 heterocycles. The van der Waals surface area contributed by atoms with Crippen molar-refractivity contribution in [1.82, 2.24) is 0 Å². The minimum absolute atomic E-state index is 0.725. The van der Waals surface area contributed by atoms with Gasteiger partial charge in [-0.3, -0.25) is 0 Å². The van der Waals surface area contributed by atoms with Crippen molar-refractivity contribution in [3.63, 3.8) is 0 Å². The minimum Gasteiger partial charge on any atom is -0.461 e. The molecule has 0 spiro atoms. The average molecular weight is 409 g/mol. The number of hydrogen-bond donors (Lipinski definition) is 1. The first kappa shape index (κ1) is 14.7. The molecule has 0 saturated carbocycles. The molecule has 4 heteroatoms. The maximum atomic E-state index is 5.80. The third kappa shape index (κ3) is 2.87. The first-order valence-electron chi connectivity index (χ1n) is 6.73. The summed E-state index contributed by atoms with van der Waals surface area (Å²) in [6, 6.07) is 12.3. The highest BCUT2D eigenvalue weighted by Crippen LogP contribution is 2.33. The largest absolute Gasteiger partial charge is 0.461 e. The zero-order valence-electron chi connectivity index (χ0n) is 11.8. The van der Waals surface area contributed by atoms with Crippen LogP contribution in [0, 0.1) is 13.8 Å². The second-order valence-corrected chi connectivity index (χ2v) is 6.80. The fourth-order valence-corrected chi connectivity index (χ4v) is 4.18. The molecule has 0 bridgehead atoms. The number of nitrogens with one attached hydrogen (secondary N) is 1. The van der Waals surface area contributed by atoms with E-state index in [1.54, 1.807) is 0 Å². The van der Waals surface area contributed by atoms with Crippen molar-refractivity contribution >= 4 is 48.5 Å². The second-order valence-electron chi connectivity index (χ2n) is 5.09. The third-order valence-electron chi connectivity index (χ3n) is 3.53. The van der Waals surface area contributed by atoms with E-state index in [0.29, 0.717) is 0 Å². The Kier molecular flexibility index (Phi) is 4.09. The third-order valence-corrected chi connectivity index (χ3v) is 4.78. The van der Waals surface area contributed by atoms with Gasteiger partial charge in [0.1, 0.15) is 11.3 Å². The van der Waals surface area contributed by atoms with Crippen molar-refractivity contribution in [1.29, 1.82) is 0 Å². The van der Waals surface area contributed by atoms with Gasteiger partial charge in [0.15, 0.2) is 0 Å². The monoisotopic (exact) mass is 407 g/mol. The second kappa shape index (κ2) is 5.85. The lowest BCUT2D eigenvalue weighted by atomic mass is 10.1. The van der Waals surface area contributed by atoms with Crippen LogP contribution in [-0.4, -0.2) is 0 Å². The van der Waals surface area contributed by atoms with Crippen molar-refractivity contribution in [3.05, 3.63) is 62.2 Å². The number of aryl methyl sites for hydroxylation is 2. The summed E-state index contributed by atoms with van der Waals surface area (Å²) >= 11 is 7.23. The van der Waals surface area contributed by atoms with Gasteiger partial charge < -0.3 is 9.73 Å². The van der Waals surface area contributed by atoms with Crippen LogP contribution >= 0.6 is 31.9 Å². The van der Waals surface area contributed by atoms with Gasteiger partial charge in [-0.05, 0) is 69.5 Å². The smallest absolute Gasteiger partial charge is 0.134 e. The Hall–Kier alpha value is -1.26. The summed E-state index contributed by atoms with van der Waals surface area (Å²) in [6.45, 7) is 4.81. The van der Waals surface area contributed by atoms with E-state index in [0.717, 1.165) is 32.5 Å². The highest BCUT2D eigenvalue weighted by atomic mass is 79.9. The Balaban J connectivity index is 1.92. The fourth-order valence-electron chi connectivity index (χ4n) is 2.49. The standard InChI is InChI=1S/C17H15Br2NO/c1-10-7-14(18)17(15(19)8-10)20-9-13-11(2)21-16-6-4-3-5-12(13)16/h3-8,20H,9H2,1-2H3. The molecule has 108 valence electrons. The van der Waals surface area contributed by atoms with E-state index in [2.05, 4.69) is 62.3 Å². The van der Waals surface area contributed by atoms with Gasteiger partial charge in [-0.15, -0.1) is 0 Å². The molecule has 0 aliphatic rings. The molecule has 1 aromatic heterocycles. The molecule has 2 aromatic carbocycles. The maximum Gasteiger partial charge on any atom is 0.134 e. The van der Waals surface area contributed by atoms with Crippen molar-refractivity contribution in [2.75, 3.05) is 5.32 Å². The Labute approximate surface area is 140 Å². The zero-order valence-corrected chi connectivity index (χ0v) is 15.0. The summed E-state index contributed by atoms with van der Waals surface area (Å²) in [7, 11) is 0. The van der Waals surface area contributed by atoms with E-state index in [1.165, 1.54) is 16.5 Å². The summed E-state index contributed by atoms with van der Waals surface area (Å²) < 4.78 is 7.91. The van der Waals surface area contributed by atoms with Crippen LogP contribution in [0.4, 0.5) is 5.69 Å². The van der Waals surface area contributed by atoms with E-state index >= 15 is 0 Å². The van der Waals surface area contributed by atoms with E-state index in [-0.39, 0.29) is 0 Å². The van der Waals surface area contributed by atoms with Gasteiger partial charge in [-0.2, -0.15) is 0 Å². The van der Waals surface area contributed by atoms with Gasteiger partial charge in [0.05, 0.1) is 5.69 Å². The van der Waals surface area contributed by atoms with Crippen LogP contribution in [0.15, 0.2) is 49.8 Å². The molecule has 0 unspecified atom stereocenters. The SMILES string of the molecule is Cc1cc(Br)c(NCc2c(C)oc3ccccc23)c(Br)c1. The number of para-hydroxylation sites is 1. The molecule has 0 amide bonds. The first-order valence-corrected chi connectivity index (χ1v) is 8.31. The molecular weight excluding hydrogens is 394 g/mol. The lowest BCUT2D eigenvalue weighted by molar-refractivity contribution is 0.573. The molecule has 0 saturated heterocycles. The summed E-state index contributed by atoms with van der Waals surface area (Å²) in [4.78, 5) is 0. The number of anilines is 1. The molecule has 1 N–H and O–H groups in total. The van der Waals surface area contributed by atoms with Crippen molar-refractivity contribution in [2.24, 2.45) is 0 Å². The minimum atomic E-state index is 0.725.